The number of benzene rings is 2. The molecule has 5 heteroatoms. The molecule has 110 valence electrons. The van der Waals surface area contributed by atoms with Gasteiger partial charge in [-0.1, -0.05) is 47.0 Å². The van der Waals surface area contributed by atoms with Crippen LogP contribution in [0.15, 0.2) is 30.3 Å². The third kappa shape index (κ3) is 3.69. The summed E-state index contributed by atoms with van der Waals surface area (Å²) in [5.41, 5.74) is 9.33. The summed E-state index contributed by atoms with van der Waals surface area (Å²) in [6, 6.07) is 8.93. The molecule has 2 aromatic carbocycles. The van der Waals surface area contributed by atoms with Gasteiger partial charge in [0.2, 0.25) is 0 Å². The largest absolute Gasteiger partial charge is 0.457 e. The van der Waals surface area contributed by atoms with E-state index < -0.39 is 5.97 Å². The molecule has 0 saturated heterocycles. The molecule has 2 aromatic rings. The van der Waals surface area contributed by atoms with Gasteiger partial charge >= 0.3 is 5.97 Å². The molecular formula is C16H15Cl2NO2. The zero-order valence-corrected chi connectivity index (χ0v) is 13.3. The van der Waals surface area contributed by atoms with E-state index in [0.29, 0.717) is 5.69 Å². The number of carbonyl (C=O) groups excluding carboxylic acids is 1. The summed E-state index contributed by atoms with van der Waals surface area (Å²) in [5.74, 6) is -0.546. The summed E-state index contributed by atoms with van der Waals surface area (Å²) in [6.45, 7) is 4.13. The van der Waals surface area contributed by atoms with E-state index in [2.05, 4.69) is 0 Å². The SMILES string of the molecule is Cc1ccc(C)c(COC(=O)c2cc(N)cc(Cl)c2Cl)c1. The Kier molecular flexibility index (Phi) is 4.76. The van der Waals surface area contributed by atoms with Gasteiger partial charge in [-0.3, -0.25) is 0 Å². The van der Waals surface area contributed by atoms with E-state index in [-0.39, 0.29) is 22.2 Å². The maximum absolute atomic E-state index is 12.1. The topological polar surface area (TPSA) is 52.3 Å². The van der Waals surface area contributed by atoms with E-state index in [1.165, 1.54) is 12.1 Å². The lowest BCUT2D eigenvalue weighted by Gasteiger charge is -2.10. The molecule has 0 spiro atoms. The average molecular weight is 324 g/mol. The maximum atomic E-state index is 12.1. The molecule has 0 saturated carbocycles. The first-order valence-corrected chi connectivity index (χ1v) is 7.12. The third-order valence-electron chi connectivity index (χ3n) is 3.13. The predicted molar refractivity (Wildman–Crippen MR) is 85.9 cm³/mol. The number of aryl methyl sites for hydroxylation is 2. The fraction of sp³-hybridized carbons (Fsp3) is 0.188. The van der Waals surface area contributed by atoms with Crippen LogP contribution in [0.5, 0.6) is 0 Å². The lowest BCUT2D eigenvalue weighted by atomic mass is 10.1. The molecule has 0 fully saturated rings. The second kappa shape index (κ2) is 6.37. The molecule has 0 radical (unpaired) electrons. The van der Waals surface area contributed by atoms with Crippen molar-refractivity contribution < 1.29 is 9.53 Å². The second-order valence-electron chi connectivity index (χ2n) is 4.87. The molecule has 0 aromatic heterocycles. The Morgan fingerprint density at radius 2 is 1.90 bits per heavy atom. The first kappa shape index (κ1) is 15.7. The molecule has 0 aliphatic heterocycles. The molecule has 0 atom stereocenters. The highest BCUT2D eigenvalue weighted by atomic mass is 35.5. The summed E-state index contributed by atoms with van der Waals surface area (Å²) < 4.78 is 5.30. The zero-order chi connectivity index (χ0) is 15.6. The van der Waals surface area contributed by atoms with Crippen LogP contribution in [0.2, 0.25) is 10.0 Å². The highest BCUT2D eigenvalue weighted by Crippen LogP contribution is 2.29. The van der Waals surface area contributed by atoms with Crippen molar-refractivity contribution in [2.24, 2.45) is 0 Å². The van der Waals surface area contributed by atoms with Gasteiger partial charge in [-0.25, -0.2) is 4.79 Å². The second-order valence-corrected chi connectivity index (χ2v) is 5.66. The van der Waals surface area contributed by atoms with Crippen molar-refractivity contribution in [1.82, 2.24) is 0 Å². The molecule has 0 heterocycles. The van der Waals surface area contributed by atoms with Crippen LogP contribution in [0.1, 0.15) is 27.0 Å². The predicted octanol–water partition coefficient (Wildman–Crippen LogP) is 4.55. The van der Waals surface area contributed by atoms with Crippen LogP contribution >= 0.6 is 23.2 Å². The first-order valence-electron chi connectivity index (χ1n) is 6.36. The van der Waals surface area contributed by atoms with E-state index in [9.17, 15) is 4.79 Å². The van der Waals surface area contributed by atoms with E-state index in [1.807, 2.05) is 32.0 Å². The van der Waals surface area contributed by atoms with Gasteiger partial charge < -0.3 is 10.5 Å². The van der Waals surface area contributed by atoms with Crippen molar-refractivity contribution in [1.29, 1.82) is 0 Å². The van der Waals surface area contributed by atoms with E-state index in [4.69, 9.17) is 33.7 Å². The normalized spacial score (nSPS) is 10.5. The van der Waals surface area contributed by atoms with Gasteiger partial charge in [-0.2, -0.15) is 0 Å². The molecule has 21 heavy (non-hydrogen) atoms. The molecule has 0 bridgehead atoms. The minimum atomic E-state index is -0.546. The zero-order valence-electron chi connectivity index (χ0n) is 11.7. The minimum Gasteiger partial charge on any atom is -0.457 e. The van der Waals surface area contributed by atoms with Gasteiger partial charge in [0.25, 0.3) is 0 Å². The Morgan fingerprint density at radius 1 is 1.19 bits per heavy atom. The molecule has 3 nitrogen and oxygen atoms in total. The Balaban J connectivity index is 2.17. The van der Waals surface area contributed by atoms with Crippen molar-refractivity contribution in [3.8, 4) is 0 Å². The Hall–Kier alpha value is -1.71. The molecule has 2 N–H and O–H groups in total. The smallest absolute Gasteiger partial charge is 0.340 e. The number of esters is 1. The summed E-state index contributed by atoms with van der Waals surface area (Å²) >= 11 is 11.9. The van der Waals surface area contributed by atoms with Gasteiger partial charge in [0.15, 0.2) is 0 Å². The van der Waals surface area contributed by atoms with Crippen LogP contribution in [0.25, 0.3) is 0 Å². The van der Waals surface area contributed by atoms with Crippen molar-refractivity contribution in [3.05, 3.63) is 62.6 Å². The molecule has 0 amide bonds. The number of rotatable bonds is 3. The lowest BCUT2D eigenvalue weighted by Crippen LogP contribution is -2.08. The lowest BCUT2D eigenvalue weighted by molar-refractivity contribution is 0.0472. The van der Waals surface area contributed by atoms with Crippen LogP contribution in [-0.4, -0.2) is 5.97 Å². The summed E-state index contributed by atoms with van der Waals surface area (Å²) in [7, 11) is 0. The van der Waals surface area contributed by atoms with E-state index in [0.717, 1.165) is 16.7 Å². The number of hydrogen-bond donors (Lipinski definition) is 1. The Morgan fingerprint density at radius 3 is 2.62 bits per heavy atom. The molecule has 2 rings (SSSR count). The van der Waals surface area contributed by atoms with Crippen molar-refractivity contribution >= 4 is 34.9 Å². The van der Waals surface area contributed by atoms with Crippen LogP contribution in [0.4, 0.5) is 5.69 Å². The quantitative estimate of drug-likeness (QED) is 0.666. The van der Waals surface area contributed by atoms with Gasteiger partial charge in [0.05, 0.1) is 15.6 Å². The van der Waals surface area contributed by atoms with Crippen LogP contribution < -0.4 is 5.73 Å². The standard InChI is InChI=1S/C16H15Cl2NO2/c1-9-3-4-10(2)11(5-9)8-21-16(20)13-6-12(19)7-14(17)15(13)18/h3-7H,8,19H2,1-2H3. The molecule has 0 unspecified atom stereocenters. The monoisotopic (exact) mass is 323 g/mol. The van der Waals surface area contributed by atoms with Gasteiger partial charge in [-0.15, -0.1) is 0 Å². The number of nitrogen functional groups attached to an aromatic ring is 1. The fourth-order valence-corrected chi connectivity index (χ4v) is 2.35. The fourth-order valence-electron chi connectivity index (χ4n) is 1.94. The number of nitrogens with two attached hydrogens (primary N) is 1. The highest BCUT2D eigenvalue weighted by molar-refractivity contribution is 6.44. The Bertz CT molecular complexity index is 699. The number of ether oxygens (including phenoxy) is 1. The number of carbonyl (C=O) groups is 1. The molecular weight excluding hydrogens is 309 g/mol. The number of halogens is 2. The molecule has 0 aliphatic rings. The summed E-state index contributed by atoms with van der Waals surface area (Å²) in [5, 5.41) is 0.382. The van der Waals surface area contributed by atoms with Gasteiger partial charge in [0.1, 0.15) is 6.61 Å². The summed E-state index contributed by atoms with van der Waals surface area (Å²) in [4.78, 5) is 12.1. The number of hydrogen-bond acceptors (Lipinski definition) is 3. The number of anilines is 1. The summed E-state index contributed by atoms with van der Waals surface area (Å²) in [6.07, 6.45) is 0. The average Bonchev–Trinajstić information content (AvgIpc) is 2.43. The Labute approximate surface area is 133 Å². The van der Waals surface area contributed by atoms with Crippen molar-refractivity contribution in [3.63, 3.8) is 0 Å². The van der Waals surface area contributed by atoms with Crippen molar-refractivity contribution in [2.45, 2.75) is 20.5 Å². The van der Waals surface area contributed by atoms with Crippen LogP contribution in [0, 0.1) is 13.8 Å². The minimum absolute atomic E-state index is 0.150. The third-order valence-corrected chi connectivity index (χ3v) is 3.94. The van der Waals surface area contributed by atoms with Gasteiger partial charge in [0, 0.05) is 5.69 Å². The van der Waals surface area contributed by atoms with Crippen LogP contribution in [0.3, 0.4) is 0 Å². The maximum Gasteiger partial charge on any atom is 0.340 e. The highest BCUT2D eigenvalue weighted by Gasteiger charge is 2.16. The molecule has 0 aliphatic carbocycles. The first-order chi connectivity index (χ1) is 9.88. The van der Waals surface area contributed by atoms with Gasteiger partial charge in [-0.05, 0) is 37.1 Å². The van der Waals surface area contributed by atoms with E-state index in [1.54, 1.807) is 0 Å². The van der Waals surface area contributed by atoms with E-state index >= 15 is 0 Å². The van der Waals surface area contributed by atoms with Crippen LogP contribution in [-0.2, 0) is 11.3 Å². The van der Waals surface area contributed by atoms with Crippen molar-refractivity contribution in [2.75, 3.05) is 5.73 Å².